The summed E-state index contributed by atoms with van der Waals surface area (Å²) in [6.45, 7) is 0. The van der Waals surface area contributed by atoms with Crippen LogP contribution in [0.5, 0.6) is 0 Å². The summed E-state index contributed by atoms with van der Waals surface area (Å²) in [5.41, 5.74) is 0.135. The second-order valence-electron chi connectivity index (χ2n) is 4.26. The Morgan fingerprint density at radius 2 is 2.05 bits per heavy atom. The Bertz CT molecular complexity index is 603. The fourth-order valence-corrected chi connectivity index (χ4v) is 3.21. The number of carbonyl (C=O) groups is 3. The van der Waals surface area contributed by atoms with Gasteiger partial charge in [0.15, 0.2) is 0 Å². The summed E-state index contributed by atoms with van der Waals surface area (Å²) in [5.74, 6) is -1.77. The number of amides is 2. The Kier molecular flexibility index (Phi) is 4.44. The molecule has 1 aromatic carbocycles. The molecule has 1 saturated heterocycles. The highest BCUT2D eigenvalue weighted by molar-refractivity contribution is 9.11. The summed E-state index contributed by atoms with van der Waals surface area (Å²) in [7, 11) is 0. The monoisotopic (exact) mass is 404 g/mol. The highest BCUT2D eigenvalue weighted by atomic mass is 79.9. The van der Waals surface area contributed by atoms with Gasteiger partial charge < -0.3 is 15.7 Å². The van der Waals surface area contributed by atoms with Crippen molar-refractivity contribution in [2.75, 3.05) is 5.32 Å². The van der Waals surface area contributed by atoms with Crippen LogP contribution in [0.2, 0.25) is 0 Å². The summed E-state index contributed by atoms with van der Waals surface area (Å²) >= 11 is 6.41. The third-order valence-corrected chi connectivity index (χ3v) is 3.93. The number of nitrogens with one attached hydrogen (secondary N) is 2. The van der Waals surface area contributed by atoms with Crippen LogP contribution in [0.4, 0.5) is 5.69 Å². The molecule has 20 heavy (non-hydrogen) atoms. The van der Waals surface area contributed by atoms with E-state index in [0.717, 1.165) is 0 Å². The number of carboxylic acids is 1. The molecule has 0 unspecified atom stereocenters. The fourth-order valence-electron chi connectivity index (χ4n) is 1.89. The summed E-state index contributed by atoms with van der Waals surface area (Å²) in [6.07, 6.45) is 0.701. The van der Waals surface area contributed by atoms with Crippen LogP contribution in [0.3, 0.4) is 0 Å². The summed E-state index contributed by atoms with van der Waals surface area (Å²) in [6, 6.07) is 2.41. The van der Waals surface area contributed by atoms with Gasteiger partial charge in [0, 0.05) is 15.4 Å². The van der Waals surface area contributed by atoms with E-state index >= 15 is 0 Å². The average molecular weight is 406 g/mol. The van der Waals surface area contributed by atoms with E-state index in [1.54, 1.807) is 6.07 Å². The number of benzene rings is 1. The first-order chi connectivity index (χ1) is 9.38. The Labute approximate surface area is 131 Å². The lowest BCUT2D eigenvalue weighted by Gasteiger charge is -2.14. The Morgan fingerprint density at radius 3 is 2.60 bits per heavy atom. The predicted molar refractivity (Wildman–Crippen MR) is 78.6 cm³/mol. The van der Waals surface area contributed by atoms with Gasteiger partial charge in [-0.2, -0.15) is 0 Å². The maximum absolute atomic E-state index is 12.0. The maximum atomic E-state index is 12.0. The minimum atomic E-state index is -1.15. The van der Waals surface area contributed by atoms with Gasteiger partial charge >= 0.3 is 5.97 Å². The third-order valence-electron chi connectivity index (χ3n) is 2.85. The standard InChI is InChI=1S/C12H10Br2N2O4/c13-5-3-6(12(19)20)10(7(14)4-5)16-11(18)8-1-2-9(17)15-8/h3-4,8H,1-2H2,(H,15,17)(H,16,18)(H,19,20)/t8-/m0/s1. The van der Waals surface area contributed by atoms with E-state index in [1.807, 2.05) is 0 Å². The zero-order chi connectivity index (χ0) is 14.9. The molecule has 1 heterocycles. The van der Waals surface area contributed by atoms with Crippen LogP contribution in [0, 0.1) is 0 Å². The molecule has 0 spiro atoms. The molecule has 8 heteroatoms. The van der Waals surface area contributed by atoms with Crippen molar-refractivity contribution in [2.45, 2.75) is 18.9 Å². The zero-order valence-electron chi connectivity index (χ0n) is 10.1. The first kappa shape index (κ1) is 15.0. The second-order valence-corrected chi connectivity index (χ2v) is 6.03. The van der Waals surface area contributed by atoms with Crippen molar-refractivity contribution in [2.24, 2.45) is 0 Å². The molecule has 1 atom stereocenters. The van der Waals surface area contributed by atoms with Gasteiger partial charge in [-0.05, 0) is 34.5 Å². The van der Waals surface area contributed by atoms with Crippen LogP contribution in [0.15, 0.2) is 21.1 Å². The van der Waals surface area contributed by atoms with Gasteiger partial charge in [0.2, 0.25) is 11.8 Å². The van der Waals surface area contributed by atoms with E-state index in [1.165, 1.54) is 6.07 Å². The Balaban J connectivity index is 2.26. The molecule has 1 fully saturated rings. The van der Waals surface area contributed by atoms with E-state index in [-0.39, 0.29) is 17.2 Å². The van der Waals surface area contributed by atoms with Crippen molar-refractivity contribution in [3.63, 3.8) is 0 Å². The average Bonchev–Trinajstić information content (AvgIpc) is 2.78. The van der Waals surface area contributed by atoms with Gasteiger partial charge in [0.1, 0.15) is 6.04 Å². The number of hydrogen-bond acceptors (Lipinski definition) is 3. The highest BCUT2D eigenvalue weighted by Gasteiger charge is 2.28. The lowest BCUT2D eigenvalue weighted by molar-refractivity contribution is -0.122. The number of aromatic carboxylic acids is 1. The molecular weight excluding hydrogens is 396 g/mol. The lowest BCUT2D eigenvalue weighted by Crippen LogP contribution is -2.37. The molecule has 0 aliphatic carbocycles. The van der Waals surface area contributed by atoms with Crippen LogP contribution in [-0.4, -0.2) is 28.9 Å². The van der Waals surface area contributed by atoms with Crippen molar-refractivity contribution in [1.82, 2.24) is 5.32 Å². The van der Waals surface area contributed by atoms with Gasteiger partial charge in [0.05, 0.1) is 11.3 Å². The number of rotatable bonds is 3. The molecule has 1 aliphatic heterocycles. The summed E-state index contributed by atoms with van der Waals surface area (Å²) < 4.78 is 1.02. The number of hydrogen-bond donors (Lipinski definition) is 3. The van der Waals surface area contributed by atoms with Crippen LogP contribution in [-0.2, 0) is 9.59 Å². The zero-order valence-corrected chi connectivity index (χ0v) is 13.2. The Morgan fingerprint density at radius 1 is 1.35 bits per heavy atom. The molecule has 0 saturated carbocycles. The van der Waals surface area contributed by atoms with E-state index in [9.17, 15) is 19.5 Å². The van der Waals surface area contributed by atoms with E-state index in [0.29, 0.717) is 21.8 Å². The van der Waals surface area contributed by atoms with Crippen molar-refractivity contribution in [1.29, 1.82) is 0 Å². The van der Waals surface area contributed by atoms with Crippen molar-refractivity contribution < 1.29 is 19.5 Å². The molecule has 0 bridgehead atoms. The van der Waals surface area contributed by atoms with Crippen LogP contribution < -0.4 is 10.6 Å². The molecule has 0 radical (unpaired) electrons. The van der Waals surface area contributed by atoms with Crippen molar-refractivity contribution in [3.8, 4) is 0 Å². The van der Waals surface area contributed by atoms with Crippen molar-refractivity contribution >= 4 is 55.3 Å². The maximum Gasteiger partial charge on any atom is 0.337 e. The fraction of sp³-hybridized carbons (Fsp3) is 0.250. The molecule has 3 N–H and O–H groups in total. The molecule has 1 aliphatic rings. The molecule has 2 amide bonds. The number of carbonyl (C=O) groups excluding carboxylic acids is 2. The SMILES string of the molecule is O=C1CC[C@@H](C(=O)Nc2c(Br)cc(Br)cc2C(=O)O)N1. The van der Waals surface area contributed by atoms with Gasteiger partial charge in [-0.1, -0.05) is 15.9 Å². The quantitative estimate of drug-likeness (QED) is 0.717. The minimum Gasteiger partial charge on any atom is -0.478 e. The second kappa shape index (κ2) is 5.92. The first-order valence-electron chi connectivity index (χ1n) is 5.71. The van der Waals surface area contributed by atoms with E-state index < -0.39 is 17.9 Å². The minimum absolute atomic E-state index is 0.0380. The normalized spacial score (nSPS) is 17.7. The number of carboxylic acid groups (broad SMARTS) is 1. The molecular formula is C12H10Br2N2O4. The lowest BCUT2D eigenvalue weighted by atomic mass is 10.1. The smallest absolute Gasteiger partial charge is 0.337 e. The topological polar surface area (TPSA) is 95.5 Å². The first-order valence-corrected chi connectivity index (χ1v) is 7.29. The number of halogens is 2. The Hall–Kier alpha value is -1.41. The van der Waals surface area contributed by atoms with Crippen LogP contribution in [0.25, 0.3) is 0 Å². The van der Waals surface area contributed by atoms with Gasteiger partial charge in [-0.25, -0.2) is 4.79 Å². The number of anilines is 1. The molecule has 0 aromatic heterocycles. The molecule has 2 rings (SSSR count). The van der Waals surface area contributed by atoms with E-state index in [2.05, 4.69) is 42.5 Å². The van der Waals surface area contributed by atoms with Gasteiger partial charge in [0.25, 0.3) is 0 Å². The largest absolute Gasteiger partial charge is 0.478 e. The van der Waals surface area contributed by atoms with Gasteiger partial charge in [-0.3, -0.25) is 9.59 Å². The summed E-state index contributed by atoms with van der Waals surface area (Å²) in [4.78, 5) is 34.3. The molecule has 1 aromatic rings. The van der Waals surface area contributed by atoms with Crippen LogP contribution >= 0.6 is 31.9 Å². The van der Waals surface area contributed by atoms with Gasteiger partial charge in [-0.15, -0.1) is 0 Å². The third kappa shape index (κ3) is 3.18. The van der Waals surface area contributed by atoms with E-state index in [4.69, 9.17) is 0 Å². The molecule has 6 nitrogen and oxygen atoms in total. The molecule has 106 valence electrons. The van der Waals surface area contributed by atoms with Crippen LogP contribution in [0.1, 0.15) is 23.2 Å². The highest BCUT2D eigenvalue weighted by Crippen LogP contribution is 2.31. The summed E-state index contributed by atoms with van der Waals surface area (Å²) in [5, 5.41) is 14.3. The van der Waals surface area contributed by atoms with Crippen molar-refractivity contribution in [3.05, 3.63) is 26.6 Å². The predicted octanol–water partition coefficient (Wildman–Crippen LogP) is 2.13.